The molecule has 0 saturated heterocycles. The van der Waals surface area contributed by atoms with Crippen molar-refractivity contribution in [3.63, 3.8) is 0 Å². The Morgan fingerprint density at radius 2 is 1.22 bits per heavy atom. The summed E-state index contributed by atoms with van der Waals surface area (Å²) in [5.74, 6) is -0.657. The van der Waals surface area contributed by atoms with Gasteiger partial charge >= 0.3 is 11.9 Å². The number of carbonyl (C=O) groups is 1. The number of tetrazole rings is 1. The largest absolute Gasteiger partial charge is 0.479 e. The highest BCUT2D eigenvalue weighted by atomic mass is 31.2. The third-order valence-electron chi connectivity index (χ3n) is 6.85. The van der Waals surface area contributed by atoms with E-state index in [1.165, 1.54) is 19.0 Å². The van der Waals surface area contributed by atoms with Crippen molar-refractivity contribution in [2.24, 2.45) is 0 Å². The Kier molecular flexibility index (Phi) is 8.51. The van der Waals surface area contributed by atoms with E-state index in [-0.39, 0.29) is 5.70 Å². The Hall–Kier alpha value is -4.81. The van der Waals surface area contributed by atoms with Crippen LogP contribution in [0.5, 0.6) is 0 Å². The number of ether oxygens (including phenoxy) is 2. The molecule has 1 aromatic heterocycles. The second-order valence-electron chi connectivity index (χ2n) is 9.21. The van der Waals surface area contributed by atoms with E-state index in [9.17, 15) is 9.90 Å². The van der Waals surface area contributed by atoms with Gasteiger partial charge in [0.15, 0.2) is 11.5 Å². The highest BCUT2D eigenvalue weighted by Crippen LogP contribution is 2.63. The van der Waals surface area contributed by atoms with E-state index >= 15 is 0 Å². The van der Waals surface area contributed by atoms with Crippen LogP contribution in [0.2, 0.25) is 0 Å². The first-order valence-electron chi connectivity index (χ1n) is 13.0. The molecule has 4 aromatic carbocycles. The van der Waals surface area contributed by atoms with Gasteiger partial charge in [-0.3, -0.25) is 0 Å². The van der Waals surface area contributed by atoms with Crippen molar-refractivity contribution in [2.45, 2.75) is 12.1 Å². The number of hydrogen-bond acceptors (Lipinski definition) is 7. The van der Waals surface area contributed by atoms with Crippen molar-refractivity contribution in [3.8, 4) is 0 Å². The highest BCUT2D eigenvalue weighted by Gasteiger charge is 2.60. The van der Waals surface area contributed by atoms with E-state index in [0.717, 1.165) is 21.5 Å². The number of aliphatic hydroxyl groups is 1. The molecule has 0 fully saturated rings. The lowest BCUT2D eigenvalue weighted by molar-refractivity contribution is -0.139. The van der Waals surface area contributed by atoms with Crippen molar-refractivity contribution in [2.75, 3.05) is 14.2 Å². The minimum absolute atomic E-state index is 0.0380. The van der Waals surface area contributed by atoms with Crippen LogP contribution in [0.15, 0.2) is 127 Å². The molecule has 0 bridgehead atoms. The van der Waals surface area contributed by atoms with E-state index in [2.05, 4.69) is 15.4 Å². The molecule has 5 aromatic rings. The number of nitrogens with zero attached hydrogens (tertiary/aromatic N) is 4. The zero-order valence-corrected chi connectivity index (χ0v) is 23.6. The number of methoxy groups -OCH3 is 2. The quantitative estimate of drug-likeness (QED) is 0.154. The van der Waals surface area contributed by atoms with Crippen LogP contribution >= 0.6 is 7.26 Å². The van der Waals surface area contributed by atoms with Gasteiger partial charge in [0.1, 0.15) is 23.2 Å². The van der Waals surface area contributed by atoms with E-state index < -0.39 is 24.8 Å². The number of esters is 1. The summed E-state index contributed by atoms with van der Waals surface area (Å²) in [6.07, 6.45) is 0.418. The van der Waals surface area contributed by atoms with Crippen molar-refractivity contribution < 1.29 is 19.4 Å². The van der Waals surface area contributed by atoms with Crippen molar-refractivity contribution in [1.29, 1.82) is 0 Å². The summed E-state index contributed by atoms with van der Waals surface area (Å²) in [6, 6.07) is 39.2. The van der Waals surface area contributed by atoms with Gasteiger partial charge in [-0.2, -0.15) is 0 Å². The second-order valence-corrected chi connectivity index (χ2v) is 12.7. The molecule has 8 nitrogen and oxygen atoms in total. The van der Waals surface area contributed by atoms with Gasteiger partial charge in [0.25, 0.3) is 0 Å². The molecule has 0 aliphatic rings. The van der Waals surface area contributed by atoms with Gasteiger partial charge < -0.3 is 14.6 Å². The molecular formula is C32H30N4O4P+. The SMILES string of the molecule is COC(=O)C(/C(=C(\O)OC)n1nnc(Cc2ccccc2)n1)[P+](c1ccccc1)(c1ccccc1)c1ccccc1. The Balaban J connectivity index is 1.81. The topological polar surface area (TPSA) is 99.4 Å². The molecule has 0 radical (unpaired) electrons. The van der Waals surface area contributed by atoms with E-state index in [4.69, 9.17) is 9.47 Å². The first-order valence-corrected chi connectivity index (χ1v) is 14.9. The van der Waals surface area contributed by atoms with E-state index in [1.54, 1.807) is 0 Å². The summed E-state index contributed by atoms with van der Waals surface area (Å²) in [6.45, 7) is 0. The summed E-state index contributed by atoms with van der Waals surface area (Å²) >= 11 is 0. The highest BCUT2D eigenvalue weighted by molar-refractivity contribution is 7.97. The van der Waals surface area contributed by atoms with Crippen molar-refractivity contribution in [3.05, 3.63) is 139 Å². The van der Waals surface area contributed by atoms with Gasteiger partial charge in [-0.1, -0.05) is 84.9 Å². The van der Waals surface area contributed by atoms with Crippen LogP contribution in [0.1, 0.15) is 11.4 Å². The van der Waals surface area contributed by atoms with Crippen molar-refractivity contribution >= 4 is 34.8 Å². The molecule has 1 N–H and O–H groups in total. The molecule has 206 valence electrons. The normalized spacial score (nSPS) is 12.7. The average Bonchev–Trinajstić information content (AvgIpc) is 3.50. The molecule has 41 heavy (non-hydrogen) atoms. The smallest absolute Gasteiger partial charge is 0.354 e. The number of aliphatic hydroxyl groups excluding tert-OH is 1. The number of aromatic nitrogens is 4. The predicted molar refractivity (Wildman–Crippen MR) is 161 cm³/mol. The molecule has 0 saturated carbocycles. The fourth-order valence-electron chi connectivity index (χ4n) is 5.06. The summed E-state index contributed by atoms with van der Waals surface area (Å²) in [5.41, 5.74) is -0.0627. The van der Waals surface area contributed by atoms with Crippen LogP contribution in [-0.4, -0.2) is 51.2 Å². The van der Waals surface area contributed by atoms with Gasteiger partial charge in [-0.25, -0.2) is 4.79 Å². The van der Waals surface area contributed by atoms with Crippen LogP contribution in [0.4, 0.5) is 0 Å². The maximum absolute atomic E-state index is 14.1. The minimum atomic E-state index is -2.98. The average molecular weight is 566 g/mol. The molecule has 5 rings (SSSR count). The maximum Gasteiger partial charge on any atom is 0.354 e. The predicted octanol–water partition coefficient (Wildman–Crippen LogP) is 4.13. The van der Waals surface area contributed by atoms with E-state index in [1.807, 2.05) is 121 Å². The number of rotatable bonds is 10. The van der Waals surface area contributed by atoms with Gasteiger partial charge in [-0.15, -0.1) is 15.0 Å². The molecule has 0 aliphatic heterocycles. The third-order valence-corrected chi connectivity index (χ3v) is 11.4. The third kappa shape index (κ3) is 5.47. The Bertz CT molecular complexity index is 1510. The lowest BCUT2D eigenvalue weighted by Crippen LogP contribution is -2.45. The van der Waals surface area contributed by atoms with E-state index in [0.29, 0.717) is 12.2 Å². The summed E-state index contributed by atoms with van der Waals surface area (Å²) < 4.78 is 10.9. The van der Waals surface area contributed by atoms with Gasteiger partial charge in [0, 0.05) is 6.42 Å². The van der Waals surface area contributed by atoms with Crippen LogP contribution < -0.4 is 15.9 Å². The lowest BCUT2D eigenvalue weighted by Gasteiger charge is -2.33. The second kappa shape index (κ2) is 12.6. The summed E-state index contributed by atoms with van der Waals surface area (Å²) in [7, 11) is -0.315. The molecule has 9 heteroatoms. The fraction of sp³-hybridized carbons (Fsp3) is 0.125. The molecule has 1 atom stereocenters. The van der Waals surface area contributed by atoms with Crippen LogP contribution in [-0.2, 0) is 20.7 Å². The molecule has 0 aliphatic carbocycles. The molecule has 0 spiro atoms. The zero-order valence-electron chi connectivity index (χ0n) is 22.7. The summed E-state index contributed by atoms with van der Waals surface area (Å²) in [4.78, 5) is 15.3. The van der Waals surface area contributed by atoms with Gasteiger partial charge in [0.05, 0.1) is 14.2 Å². The standard InChI is InChI=1S/C32H29N4O4P/c1-39-31(37)29(36-34-28(33-35-36)23-24-15-7-3-8-16-24)30(32(38)40-2)41(25-17-9-4-10-18-25,26-19-11-5-12-20-26)27-21-13-6-14-22-27/h3-22,30H,23H2,1-2H3/p+1/b31-29-. The fourth-order valence-corrected chi connectivity index (χ4v) is 9.78. The zero-order chi connectivity index (χ0) is 28.7. The molecule has 1 unspecified atom stereocenters. The van der Waals surface area contributed by atoms with Crippen LogP contribution in [0, 0.1) is 0 Å². The Labute approximate surface area is 239 Å². The number of hydrogen-bond donors (Lipinski definition) is 1. The summed E-state index contributed by atoms with van der Waals surface area (Å²) in [5, 5.41) is 27.2. The van der Waals surface area contributed by atoms with Gasteiger partial charge in [0.2, 0.25) is 5.66 Å². The van der Waals surface area contributed by atoms with Gasteiger partial charge in [-0.05, 0) is 47.2 Å². The number of carbonyl (C=O) groups excluding carboxylic acids is 1. The number of benzene rings is 4. The van der Waals surface area contributed by atoms with Crippen LogP contribution in [0.3, 0.4) is 0 Å². The minimum Gasteiger partial charge on any atom is -0.479 e. The van der Waals surface area contributed by atoms with Crippen LogP contribution in [0.25, 0.3) is 5.70 Å². The van der Waals surface area contributed by atoms with Crippen molar-refractivity contribution in [1.82, 2.24) is 20.2 Å². The molecule has 1 heterocycles. The first kappa shape index (κ1) is 27.7. The monoisotopic (exact) mass is 565 g/mol. The molecule has 0 amide bonds. The first-order chi connectivity index (χ1) is 20.1. The maximum atomic E-state index is 14.1. The Morgan fingerprint density at radius 3 is 1.66 bits per heavy atom. The lowest BCUT2D eigenvalue weighted by atomic mass is 10.1. The molecular weight excluding hydrogens is 535 g/mol. The Morgan fingerprint density at radius 1 is 0.756 bits per heavy atom.